The summed E-state index contributed by atoms with van der Waals surface area (Å²) in [6.07, 6.45) is 2.08. The average Bonchev–Trinajstić information content (AvgIpc) is 3.38. The number of hydrogen-bond acceptors (Lipinski definition) is 3. The highest BCUT2D eigenvalue weighted by molar-refractivity contribution is 5.90. The van der Waals surface area contributed by atoms with E-state index in [1.54, 1.807) is 11.0 Å². The summed E-state index contributed by atoms with van der Waals surface area (Å²) in [7, 11) is 0. The Bertz CT molecular complexity index is 940. The molecule has 4 rings (SSSR count). The molecule has 2 amide bonds. The van der Waals surface area contributed by atoms with Gasteiger partial charge in [-0.1, -0.05) is 6.07 Å². The number of pyridine rings is 1. The first-order valence-corrected chi connectivity index (χ1v) is 9.44. The van der Waals surface area contributed by atoms with E-state index in [1.807, 2.05) is 49.6 Å². The molecule has 6 heteroatoms. The van der Waals surface area contributed by atoms with Gasteiger partial charge < -0.3 is 19.5 Å². The van der Waals surface area contributed by atoms with Crippen molar-refractivity contribution in [3.63, 3.8) is 0 Å². The van der Waals surface area contributed by atoms with Gasteiger partial charge in [-0.05, 0) is 62.9 Å². The Balaban J connectivity index is 1.32. The van der Waals surface area contributed by atoms with Crippen molar-refractivity contribution in [1.29, 1.82) is 0 Å². The molecular formula is C21H25N3O3. The first-order valence-electron chi connectivity index (χ1n) is 9.44. The SMILES string of the molecule is Cc1ccc(NC(=O)N2CC(Oc3cc(C)n(C4CC4)c(=O)c3)C2)cc1C. The minimum Gasteiger partial charge on any atom is -0.486 e. The van der Waals surface area contributed by atoms with Crippen LogP contribution in [0.25, 0.3) is 0 Å². The van der Waals surface area contributed by atoms with Gasteiger partial charge in [0, 0.05) is 23.5 Å². The molecule has 0 unspecified atom stereocenters. The van der Waals surface area contributed by atoms with E-state index >= 15 is 0 Å². The van der Waals surface area contributed by atoms with Gasteiger partial charge in [0.05, 0.1) is 13.1 Å². The number of nitrogens with one attached hydrogen (secondary N) is 1. The summed E-state index contributed by atoms with van der Waals surface area (Å²) in [5, 5.41) is 2.92. The average molecular weight is 367 g/mol. The van der Waals surface area contributed by atoms with E-state index in [2.05, 4.69) is 5.32 Å². The number of carbonyl (C=O) groups is 1. The zero-order valence-corrected chi connectivity index (χ0v) is 16.0. The van der Waals surface area contributed by atoms with Crippen molar-refractivity contribution in [3.8, 4) is 5.75 Å². The highest BCUT2D eigenvalue weighted by Crippen LogP contribution is 2.35. The van der Waals surface area contributed by atoms with Crippen LogP contribution in [0, 0.1) is 20.8 Å². The predicted octanol–water partition coefficient (Wildman–Crippen LogP) is 3.40. The molecule has 1 aliphatic carbocycles. The predicted molar refractivity (Wildman–Crippen MR) is 105 cm³/mol. The Hall–Kier alpha value is -2.76. The first kappa shape index (κ1) is 17.6. The molecule has 2 aliphatic rings. The summed E-state index contributed by atoms with van der Waals surface area (Å²) in [6.45, 7) is 7.04. The van der Waals surface area contributed by atoms with Gasteiger partial charge in [-0.2, -0.15) is 0 Å². The number of benzene rings is 1. The second kappa shape index (κ2) is 6.76. The smallest absolute Gasteiger partial charge is 0.322 e. The van der Waals surface area contributed by atoms with Crippen molar-refractivity contribution in [3.05, 3.63) is 57.5 Å². The fourth-order valence-electron chi connectivity index (χ4n) is 3.44. The number of likely N-dealkylation sites (tertiary alicyclic amines) is 1. The Morgan fingerprint density at radius 2 is 1.81 bits per heavy atom. The number of urea groups is 1. The molecule has 1 saturated heterocycles. The van der Waals surface area contributed by atoms with Gasteiger partial charge in [0.1, 0.15) is 11.9 Å². The maximum Gasteiger partial charge on any atom is 0.322 e. The Kier molecular flexibility index (Phi) is 4.42. The molecule has 6 nitrogen and oxygen atoms in total. The second-order valence-electron chi connectivity index (χ2n) is 7.65. The zero-order chi connectivity index (χ0) is 19.1. The number of aromatic nitrogens is 1. The fraction of sp³-hybridized carbons (Fsp3) is 0.429. The zero-order valence-electron chi connectivity index (χ0n) is 16.0. The standard InChI is InChI=1S/C21H25N3O3/c1-13-4-5-16(8-14(13)2)22-21(26)23-11-19(12-23)27-18-9-15(3)24(17-6-7-17)20(25)10-18/h4-5,8-10,17,19H,6-7,11-12H2,1-3H3,(H,22,26). The molecule has 1 saturated carbocycles. The highest BCUT2D eigenvalue weighted by atomic mass is 16.5. The molecule has 2 heterocycles. The van der Waals surface area contributed by atoms with Gasteiger partial charge in [0.25, 0.3) is 5.56 Å². The van der Waals surface area contributed by atoms with Crippen molar-refractivity contribution in [2.45, 2.75) is 45.8 Å². The number of nitrogens with zero attached hydrogens (tertiary/aromatic N) is 2. The Morgan fingerprint density at radius 3 is 2.44 bits per heavy atom. The van der Waals surface area contributed by atoms with E-state index in [0.717, 1.165) is 29.8 Å². The second-order valence-corrected chi connectivity index (χ2v) is 7.65. The Labute approximate surface area is 158 Å². The van der Waals surface area contributed by atoms with Crippen molar-refractivity contribution in [2.24, 2.45) is 0 Å². The largest absolute Gasteiger partial charge is 0.486 e. The minimum absolute atomic E-state index is 0.00355. The lowest BCUT2D eigenvalue weighted by atomic mass is 10.1. The van der Waals surface area contributed by atoms with Gasteiger partial charge >= 0.3 is 6.03 Å². The van der Waals surface area contributed by atoms with E-state index in [4.69, 9.17) is 4.74 Å². The third kappa shape index (κ3) is 3.70. The van der Waals surface area contributed by atoms with Gasteiger partial charge in [0.15, 0.2) is 0 Å². The van der Waals surface area contributed by atoms with E-state index in [1.165, 1.54) is 5.56 Å². The van der Waals surface area contributed by atoms with Crippen LogP contribution < -0.4 is 15.6 Å². The minimum atomic E-state index is -0.126. The van der Waals surface area contributed by atoms with Crippen molar-refractivity contribution in [1.82, 2.24) is 9.47 Å². The van der Waals surface area contributed by atoms with Crippen molar-refractivity contribution >= 4 is 11.7 Å². The summed E-state index contributed by atoms with van der Waals surface area (Å²) >= 11 is 0. The van der Waals surface area contributed by atoms with Gasteiger partial charge in [-0.3, -0.25) is 4.79 Å². The fourth-order valence-corrected chi connectivity index (χ4v) is 3.44. The summed E-state index contributed by atoms with van der Waals surface area (Å²) in [5.74, 6) is 0.591. The summed E-state index contributed by atoms with van der Waals surface area (Å²) in [6, 6.07) is 9.59. The number of ether oxygens (including phenoxy) is 1. The summed E-state index contributed by atoms with van der Waals surface area (Å²) < 4.78 is 7.74. The number of anilines is 1. The summed E-state index contributed by atoms with van der Waals surface area (Å²) in [5.41, 5.74) is 4.07. The molecule has 1 aliphatic heterocycles. The van der Waals surface area contributed by atoms with Crippen LogP contribution in [-0.2, 0) is 0 Å². The maximum absolute atomic E-state index is 12.3. The van der Waals surface area contributed by atoms with Crippen molar-refractivity contribution < 1.29 is 9.53 Å². The first-order chi connectivity index (χ1) is 12.9. The lowest BCUT2D eigenvalue weighted by molar-refractivity contribution is 0.0490. The topological polar surface area (TPSA) is 63.6 Å². The molecule has 142 valence electrons. The number of rotatable bonds is 4. The molecule has 2 aromatic rings. The number of hydrogen-bond donors (Lipinski definition) is 1. The molecule has 0 atom stereocenters. The molecule has 1 N–H and O–H groups in total. The monoisotopic (exact) mass is 367 g/mol. The van der Waals surface area contributed by atoms with Crippen LogP contribution in [0.2, 0.25) is 0 Å². The van der Waals surface area contributed by atoms with Crippen LogP contribution in [0.3, 0.4) is 0 Å². The number of aryl methyl sites for hydroxylation is 3. The molecule has 1 aromatic carbocycles. The van der Waals surface area contributed by atoms with Crippen LogP contribution in [0.5, 0.6) is 5.75 Å². The van der Waals surface area contributed by atoms with Gasteiger partial charge in [-0.25, -0.2) is 4.79 Å². The molecule has 1 aromatic heterocycles. The molecule has 2 fully saturated rings. The van der Waals surface area contributed by atoms with E-state index in [-0.39, 0.29) is 17.7 Å². The van der Waals surface area contributed by atoms with Crippen LogP contribution in [0.4, 0.5) is 10.5 Å². The highest BCUT2D eigenvalue weighted by Gasteiger charge is 2.33. The molecule has 0 bridgehead atoms. The van der Waals surface area contributed by atoms with Crippen LogP contribution in [0.1, 0.15) is 35.7 Å². The normalized spacial score (nSPS) is 16.8. The number of amides is 2. The number of carbonyl (C=O) groups excluding carboxylic acids is 1. The maximum atomic E-state index is 12.3. The van der Waals surface area contributed by atoms with E-state index in [0.29, 0.717) is 24.9 Å². The lowest BCUT2D eigenvalue weighted by Gasteiger charge is -2.38. The quantitative estimate of drug-likeness (QED) is 0.901. The van der Waals surface area contributed by atoms with E-state index < -0.39 is 0 Å². The third-order valence-electron chi connectivity index (χ3n) is 5.34. The lowest BCUT2D eigenvalue weighted by Crippen LogP contribution is -2.57. The van der Waals surface area contributed by atoms with Crippen LogP contribution in [-0.4, -0.2) is 34.7 Å². The molecular weight excluding hydrogens is 342 g/mol. The third-order valence-corrected chi connectivity index (χ3v) is 5.34. The molecule has 27 heavy (non-hydrogen) atoms. The van der Waals surface area contributed by atoms with Crippen LogP contribution >= 0.6 is 0 Å². The molecule has 0 spiro atoms. The van der Waals surface area contributed by atoms with Crippen molar-refractivity contribution in [2.75, 3.05) is 18.4 Å². The van der Waals surface area contributed by atoms with E-state index in [9.17, 15) is 9.59 Å². The molecule has 0 radical (unpaired) electrons. The van der Waals surface area contributed by atoms with Gasteiger partial charge in [-0.15, -0.1) is 0 Å². The van der Waals surface area contributed by atoms with Crippen LogP contribution in [0.15, 0.2) is 35.1 Å². The van der Waals surface area contributed by atoms with Gasteiger partial charge in [0.2, 0.25) is 0 Å². The summed E-state index contributed by atoms with van der Waals surface area (Å²) in [4.78, 5) is 26.3. The Morgan fingerprint density at radius 1 is 1.07 bits per heavy atom.